The van der Waals surface area contributed by atoms with Crippen molar-refractivity contribution in [3.05, 3.63) is 71.3 Å². The van der Waals surface area contributed by atoms with E-state index in [1.54, 1.807) is 0 Å². The van der Waals surface area contributed by atoms with E-state index in [0.717, 1.165) is 31.2 Å². The number of aryl methyl sites for hydroxylation is 2. The normalized spacial score (nSPS) is 10.0. The number of nitrogens with one attached hydrogen (secondary N) is 1. The minimum Gasteiger partial charge on any atom is -0.341 e. The Morgan fingerprint density at radius 1 is 0.821 bits per heavy atom. The maximum atomic E-state index is 11.8. The van der Waals surface area contributed by atoms with Gasteiger partial charge in [-0.05, 0) is 55.3 Å². The second-order valence-electron chi connectivity index (χ2n) is 6.58. The van der Waals surface area contributed by atoms with Gasteiger partial charge in [0, 0.05) is 6.42 Å². The smallest absolute Gasteiger partial charge is 0.332 e. The van der Waals surface area contributed by atoms with Crippen LogP contribution in [-0.4, -0.2) is 18.4 Å². The number of hydroxylamine groups is 1. The average Bonchev–Trinajstić information content (AvgIpc) is 2.70. The molecule has 0 saturated carbocycles. The number of unbranched alkanes of at least 4 members (excludes halogenated alkanes) is 1. The van der Waals surface area contributed by atoms with Gasteiger partial charge in [0.2, 0.25) is 0 Å². The lowest BCUT2D eigenvalue weighted by atomic mass is 10.0. The number of carbonyl (C=O) groups excluding carboxylic acids is 2. The summed E-state index contributed by atoms with van der Waals surface area (Å²) in [6.45, 7) is 0.418. The topological polar surface area (TPSA) is 81.4 Å². The van der Waals surface area contributed by atoms with Crippen LogP contribution < -0.4 is 11.2 Å². The first-order valence-electron chi connectivity index (χ1n) is 9.47. The Labute approximate surface area is 173 Å². The maximum Gasteiger partial charge on any atom is 0.332 e. The van der Waals surface area contributed by atoms with E-state index in [4.69, 9.17) is 10.6 Å². The minimum absolute atomic E-state index is 0. The summed E-state index contributed by atoms with van der Waals surface area (Å²) in [6, 6.07) is 18.5. The molecule has 0 bridgehead atoms. The van der Waals surface area contributed by atoms with Crippen molar-refractivity contribution in [3.63, 3.8) is 0 Å². The van der Waals surface area contributed by atoms with Crippen molar-refractivity contribution in [3.8, 4) is 0 Å². The van der Waals surface area contributed by atoms with Gasteiger partial charge in [0.05, 0.1) is 6.42 Å². The van der Waals surface area contributed by atoms with Crippen molar-refractivity contribution in [2.45, 2.75) is 44.9 Å². The highest BCUT2D eigenvalue weighted by atomic mass is 35.5. The van der Waals surface area contributed by atoms with E-state index in [1.165, 1.54) is 11.1 Å². The Balaban J connectivity index is 0.00000392. The zero-order chi connectivity index (χ0) is 19.3. The van der Waals surface area contributed by atoms with Gasteiger partial charge < -0.3 is 10.6 Å². The maximum absolute atomic E-state index is 11.8. The second-order valence-corrected chi connectivity index (χ2v) is 6.58. The van der Waals surface area contributed by atoms with Gasteiger partial charge in [-0.2, -0.15) is 5.48 Å². The molecule has 6 heteroatoms. The zero-order valence-electron chi connectivity index (χ0n) is 16.1. The summed E-state index contributed by atoms with van der Waals surface area (Å²) in [4.78, 5) is 27.8. The van der Waals surface area contributed by atoms with Crippen LogP contribution in [0.3, 0.4) is 0 Å². The number of rotatable bonds is 10. The minimum atomic E-state index is -0.473. The Bertz CT molecular complexity index is 705. The fourth-order valence-electron chi connectivity index (χ4n) is 2.76. The fourth-order valence-corrected chi connectivity index (χ4v) is 2.76. The van der Waals surface area contributed by atoms with Crippen LogP contribution in [0.25, 0.3) is 0 Å². The molecule has 0 aliphatic rings. The lowest BCUT2D eigenvalue weighted by Crippen LogP contribution is -2.28. The van der Waals surface area contributed by atoms with Crippen molar-refractivity contribution in [2.75, 3.05) is 6.54 Å². The molecule has 0 heterocycles. The Kier molecular flexibility index (Phi) is 11.6. The van der Waals surface area contributed by atoms with Gasteiger partial charge in [-0.25, -0.2) is 4.79 Å². The molecule has 5 nitrogen and oxygen atoms in total. The molecule has 0 aliphatic carbocycles. The summed E-state index contributed by atoms with van der Waals surface area (Å²) >= 11 is 0. The van der Waals surface area contributed by atoms with E-state index in [-0.39, 0.29) is 31.2 Å². The molecule has 2 aromatic rings. The highest BCUT2D eigenvalue weighted by Crippen LogP contribution is 2.11. The van der Waals surface area contributed by atoms with Crippen molar-refractivity contribution in [1.29, 1.82) is 0 Å². The molecular formula is C22H29ClN2O3. The van der Waals surface area contributed by atoms with E-state index in [9.17, 15) is 9.59 Å². The van der Waals surface area contributed by atoms with Gasteiger partial charge in [-0.3, -0.25) is 4.79 Å². The molecule has 0 aliphatic heterocycles. The van der Waals surface area contributed by atoms with E-state index < -0.39 is 5.97 Å². The first-order chi connectivity index (χ1) is 13.2. The molecule has 0 aromatic heterocycles. The van der Waals surface area contributed by atoms with E-state index >= 15 is 0 Å². The van der Waals surface area contributed by atoms with E-state index in [0.29, 0.717) is 13.0 Å². The predicted octanol–water partition coefficient (Wildman–Crippen LogP) is 3.53. The SMILES string of the molecule is Cl.NCCCC(=O)ONC(=O)Cc1ccc(CCCCc2ccccc2)cc1. The third-order valence-electron chi connectivity index (χ3n) is 4.28. The van der Waals surface area contributed by atoms with Crippen LogP contribution in [0.2, 0.25) is 0 Å². The van der Waals surface area contributed by atoms with Crippen LogP contribution in [0, 0.1) is 0 Å². The molecule has 0 fully saturated rings. The second kappa shape index (κ2) is 13.7. The van der Waals surface area contributed by atoms with Crippen LogP contribution in [0.5, 0.6) is 0 Å². The molecule has 0 saturated heterocycles. The van der Waals surface area contributed by atoms with Gasteiger partial charge in [-0.15, -0.1) is 12.4 Å². The third-order valence-corrected chi connectivity index (χ3v) is 4.28. The third kappa shape index (κ3) is 9.53. The van der Waals surface area contributed by atoms with Crippen LogP contribution in [0.15, 0.2) is 54.6 Å². The van der Waals surface area contributed by atoms with Crippen molar-refractivity contribution in [1.82, 2.24) is 5.48 Å². The highest BCUT2D eigenvalue weighted by Gasteiger charge is 2.07. The fraction of sp³-hybridized carbons (Fsp3) is 0.364. The molecule has 0 radical (unpaired) electrons. The summed E-state index contributed by atoms with van der Waals surface area (Å²) < 4.78 is 0. The van der Waals surface area contributed by atoms with E-state index in [2.05, 4.69) is 41.9 Å². The molecule has 2 aromatic carbocycles. The molecule has 0 spiro atoms. The Morgan fingerprint density at radius 3 is 2.00 bits per heavy atom. The van der Waals surface area contributed by atoms with Gasteiger partial charge in [0.1, 0.15) is 0 Å². The number of hydrogen-bond donors (Lipinski definition) is 2. The zero-order valence-corrected chi connectivity index (χ0v) is 16.9. The van der Waals surface area contributed by atoms with Crippen molar-refractivity contribution < 1.29 is 14.4 Å². The van der Waals surface area contributed by atoms with Gasteiger partial charge in [-0.1, -0.05) is 54.6 Å². The summed E-state index contributed by atoms with van der Waals surface area (Å²) in [7, 11) is 0. The van der Waals surface area contributed by atoms with Crippen LogP contribution in [0.4, 0.5) is 0 Å². The quantitative estimate of drug-likeness (QED) is 0.469. The van der Waals surface area contributed by atoms with Crippen molar-refractivity contribution >= 4 is 24.3 Å². The average molecular weight is 405 g/mol. The molecular weight excluding hydrogens is 376 g/mol. The number of carbonyl (C=O) groups is 2. The molecule has 0 unspecified atom stereocenters. The molecule has 28 heavy (non-hydrogen) atoms. The van der Waals surface area contributed by atoms with Crippen molar-refractivity contribution in [2.24, 2.45) is 5.73 Å². The number of halogens is 1. The number of hydrogen-bond acceptors (Lipinski definition) is 4. The van der Waals surface area contributed by atoms with Crippen LogP contribution in [-0.2, 0) is 33.7 Å². The summed E-state index contributed by atoms with van der Waals surface area (Å²) in [5.41, 5.74) is 11.0. The number of nitrogens with two attached hydrogens (primary N) is 1. The predicted molar refractivity (Wildman–Crippen MR) is 113 cm³/mol. The number of benzene rings is 2. The molecule has 152 valence electrons. The first-order valence-corrected chi connectivity index (χ1v) is 9.47. The molecule has 1 amide bonds. The lowest BCUT2D eigenvalue weighted by molar-refractivity contribution is -0.158. The molecule has 3 N–H and O–H groups in total. The summed E-state index contributed by atoms with van der Waals surface area (Å²) in [5, 5.41) is 0. The van der Waals surface area contributed by atoms with Gasteiger partial charge >= 0.3 is 5.97 Å². The molecule has 2 rings (SSSR count). The Morgan fingerprint density at radius 2 is 1.39 bits per heavy atom. The van der Waals surface area contributed by atoms with Crippen LogP contribution >= 0.6 is 12.4 Å². The summed E-state index contributed by atoms with van der Waals surface area (Å²) in [6.07, 6.45) is 5.34. The molecule has 0 atom stereocenters. The largest absolute Gasteiger partial charge is 0.341 e. The Hall–Kier alpha value is -2.37. The number of amides is 1. The van der Waals surface area contributed by atoms with E-state index in [1.807, 2.05) is 18.2 Å². The highest BCUT2D eigenvalue weighted by molar-refractivity contribution is 5.85. The lowest BCUT2D eigenvalue weighted by Gasteiger charge is -2.07. The van der Waals surface area contributed by atoms with Gasteiger partial charge in [0.25, 0.3) is 5.91 Å². The van der Waals surface area contributed by atoms with Crippen LogP contribution in [0.1, 0.15) is 42.4 Å². The summed E-state index contributed by atoms with van der Waals surface area (Å²) in [5.74, 6) is -0.814. The first kappa shape index (κ1) is 23.7. The standard InChI is InChI=1S/C22H28N2O3.ClH/c23-16-6-11-22(26)27-24-21(25)17-20-14-12-19(13-15-20)10-5-4-9-18-7-2-1-3-8-18;/h1-3,7-8,12-15H,4-6,9-11,16-17,23H2,(H,24,25);1H. The van der Waals surface area contributed by atoms with Gasteiger partial charge in [0.15, 0.2) is 0 Å². The monoisotopic (exact) mass is 404 g/mol.